The Hall–Kier alpha value is -0.700. The lowest BCUT2D eigenvalue weighted by atomic mass is 9.99. The molecule has 1 aliphatic rings. The highest BCUT2D eigenvalue weighted by Crippen LogP contribution is 2.19. The molecule has 0 aromatic heterocycles. The zero-order valence-corrected chi connectivity index (χ0v) is 13.0. The van der Waals surface area contributed by atoms with Gasteiger partial charge in [-0.1, -0.05) is 6.92 Å². The molecule has 1 saturated heterocycles. The first-order chi connectivity index (χ1) is 9.51. The fourth-order valence-electron chi connectivity index (χ4n) is 2.18. The molecule has 0 aromatic rings. The molecule has 0 aliphatic carbocycles. The van der Waals surface area contributed by atoms with Crippen LogP contribution in [0.2, 0.25) is 0 Å². The largest absolute Gasteiger partial charge is 0.469 e. The molecule has 0 atom stereocenters. The number of nitrogens with zero attached hydrogens (tertiary/aromatic N) is 1. The predicted molar refractivity (Wildman–Crippen MR) is 76.4 cm³/mol. The third-order valence-electron chi connectivity index (χ3n) is 3.39. The Bertz CT molecular complexity index is 392. The van der Waals surface area contributed by atoms with Crippen LogP contribution in [0.15, 0.2) is 0 Å². The van der Waals surface area contributed by atoms with Gasteiger partial charge < -0.3 is 10.1 Å². The molecule has 1 rings (SSSR count). The highest BCUT2D eigenvalue weighted by atomic mass is 32.2. The molecule has 1 heterocycles. The summed E-state index contributed by atoms with van der Waals surface area (Å²) in [4.78, 5) is 11.4. The maximum Gasteiger partial charge on any atom is 0.308 e. The number of esters is 1. The summed E-state index contributed by atoms with van der Waals surface area (Å²) in [5, 5.41) is 3.14. The average Bonchev–Trinajstić information content (AvgIpc) is 2.46. The van der Waals surface area contributed by atoms with E-state index in [-0.39, 0.29) is 11.9 Å². The van der Waals surface area contributed by atoms with Gasteiger partial charge in [0.2, 0.25) is 0 Å². The molecule has 0 saturated carbocycles. The maximum absolute atomic E-state index is 12.0. The first-order valence-electron chi connectivity index (χ1n) is 7.04. The molecular formula is C12H25N3O4S. The van der Waals surface area contributed by atoms with E-state index in [4.69, 9.17) is 0 Å². The van der Waals surface area contributed by atoms with Gasteiger partial charge in [-0.2, -0.15) is 12.7 Å². The van der Waals surface area contributed by atoms with Crippen molar-refractivity contribution in [3.05, 3.63) is 0 Å². The average molecular weight is 307 g/mol. The predicted octanol–water partition coefficient (Wildman–Crippen LogP) is -0.295. The molecule has 8 heteroatoms. The SMILES string of the molecule is CCNCCCNS(=O)(=O)N1CCC(C(=O)OC)CC1. The summed E-state index contributed by atoms with van der Waals surface area (Å²) >= 11 is 0. The van der Waals surface area contributed by atoms with Crippen LogP contribution in [0.1, 0.15) is 26.2 Å². The summed E-state index contributed by atoms with van der Waals surface area (Å²) in [6.07, 6.45) is 1.79. The third kappa shape index (κ3) is 5.35. The Balaban J connectivity index is 2.33. The van der Waals surface area contributed by atoms with Crippen molar-refractivity contribution in [3.63, 3.8) is 0 Å². The first-order valence-corrected chi connectivity index (χ1v) is 8.48. The molecule has 0 aromatic carbocycles. The van der Waals surface area contributed by atoms with Crippen molar-refractivity contribution in [2.45, 2.75) is 26.2 Å². The normalized spacial score (nSPS) is 18.1. The lowest BCUT2D eigenvalue weighted by Crippen LogP contribution is -2.46. The molecule has 0 unspecified atom stereocenters. The fraction of sp³-hybridized carbons (Fsp3) is 0.917. The summed E-state index contributed by atoms with van der Waals surface area (Å²) in [6, 6.07) is 0. The summed E-state index contributed by atoms with van der Waals surface area (Å²) in [5.41, 5.74) is 0. The van der Waals surface area contributed by atoms with Gasteiger partial charge in [0.05, 0.1) is 13.0 Å². The van der Waals surface area contributed by atoms with Gasteiger partial charge in [-0.15, -0.1) is 0 Å². The van der Waals surface area contributed by atoms with Crippen molar-refractivity contribution < 1.29 is 17.9 Å². The molecule has 0 spiro atoms. The first kappa shape index (κ1) is 17.4. The standard InChI is InChI=1S/C12H25N3O4S/c1-3-13-7-4-8-14-20(17,18)15-9-5-11(6-10-15)12(16)19-2/h11,13-14H,3-10H2,1-2H3. The monoisotopic (exact) mass is 307 g/mol. The lowest BCUT2D eigenvalue weighted by molar-refractivity contribution is -0.146. The van der Waals surface area contributed by atoms with E-state index in [1.54, 1.807) is 0 Å². The molecule has 0 amide bonds. The Morgan fingerprint density at radius 3 is 2.50 bits per heavy atom. The third-order valence-corrected chi connectivity index (χ3v) is 5.01. The van der Waals surface area contributed by atoms with E-state index in [1.165, 1.54) is 11.4 Å². The van der Waals surface area contributed by atoms with Crippen molar-refractivity contribution in [1.82, 2.24) is 14.3 Å². The van der Waals surface area contributed by atoms with E-state index in [0.717, 1.165) is 19.5 Å². The molecular weight excluding hydrogens is 282 g/mol. The summed E-state index contributed by atoms with van der Waals surface area (Å²) in [6.45, 7) is 4.84. The summed E-state index contributed by atoms with van der Waals surface area (Å²) in [7, 11) is -2.06. The second kappa shape index (κ2) is 8.56. The smallest absolute Gasteiger partial charge is 0.308 e. The molecule has 0 bridgehead atoms. The van der Waals surface area contributed by atoms with Gasteiger partial charge in [-0.3, -0.25) is 4.79 Å². The number of nitrogens with one attached hydrogen (secondary N) is 2. The Morgan fingerprint density at radius 2 is 1.95 bits per heavy atom. The van der Waals surface area contributed by atoms with Crippen LogP contribution < -0.4 is 10.0 Å². The molecule has 7 nitrogen and oxygen atoms in total. The van der Waals surface area contributed by atoms with Gasteiger partial charge in [-0.25, -0.2) is 4.72 Å². The van der Waals surface area contributed by atoms with E-state index < -0.39 is 10.2 Å². The molecule has 118 valence electrons. The van der Waals surface area contributed by atoms with Crippen LogP contribution >= 0.6 is 0 Å². The van der Waals surface area contributed by atoms with E-state index in [9.17, 15) is 13.2 Å². The van der Waals surface area contributed by atoms with Gasteiger partial charge in [0.15, 0.2) is 0 Å². The Labute approximate surface area is 121 Å². The highest BCUT2D eigenvalue weighted by Gasteiger charge is 2.31. The second-order valence-corrected chi connectivity index (χ2v) is 6.56. The van der Waals surface area contributed by atoms with Crippen LogP contribution in [-0.4, -0.2) is 58.5 Å². The minimum absolute atomic E-state index is 0.180. The molecule has 1 fully saturated rings. The highest BCUT2D eigenvalue weighted by molar-refractivity contribution is 7.87. The maximum atomic E-state index is 12.0. The number of methoxy groups -OCH3 is 1. The van der Waals surface area contributed by atoms with Crippen molar-refractivity contribution in [1.29, 1.82) is 0 Å². The molecule has 1 aliphatic heterocycles. The van der Waals surface area contributed by atoms with E-state index in [1.807, 2.05) is 6.92 Å². The Kier molecular flexibility index (Phi) is 7.42. The van der Waals surface area contributed by atoms with Gasteiger partial charge in [0, 0.05) is 19.6 Å². The quantitative estimate of drug-likeness (QED) is 0.475. The lowest BCUT2D eigenvalue weighted by Gasteiger charge is -2.29. The van der Waals surface area contributed by atoms with Gasteiger partial charge >= 0.3 is 5.97 Å². The number of rotatable bonds is 8. The number of hydrogen-bond acceptors (Lipinski definition) is 5. The summed E-state index contributed by atoms with van der Waals surface area (Å²) < 4.78 is 32.8. The van der Waals surface area contributed by atoms with Gasteiger partial charge in [0.1, 0.15) is 0 Å². The molecule has 2 N–H and O–H groups in total. The topological polar surface area (TPSA) is 87.7 Å². The number of hydrogen-bond donors (Lipinski definition) is 2. The van der Waals surface area contributed by atoms with Crippen molar-refractivity contribution in [2.75, 3.05) is 39.8 Å². The molecule has 0 radical (unpaired) electrons. The van der Waals surface area contributed by atoms with Gasteiger partial charge in [0.25, 0.3) is 10.2 Å². The van der Waals surface area contributed by atoms with E-state index in [0.29, 0.717) is 32.5 Å². The molecule has 20 heavy (non-hydrogen) atoms. The van der Waals surface area contributed by atoms with Crippen LogP contribution in [0.5, 0.6) is 0 Å². The second-order valence-electron chi connectivity index (χ2n) is 4.80. The summed E-state index contributed by atoms with van der Waals surface area (Å²) in [5.74, 6) is -0.430. The fourth-order valence-corrected chi connectivity index (χ4v) is 3.46. The van der Waals surface area contributed by atoms with Crippen LogP contribution in [-0.2, 0) is 19.7 Å². The zero-order chi connectivity index (χ0) is 15.0. The Morgan fingerprint density at radius 1 is 1.30 bits per heavy atom. The van der Waals surface area contributed by atoms with Crippen LogP contribution in [0.4, 0.5) is 0 Å². The number of ether oxygens (including phenoxy) is 1. The van der Waals surface area contributed by atoms with Crippen molar-refractivity contribution >= 4 is 16.2 Å². The van der Waals surface area contributed by atoms with E-state index in [2.05, 4.69) is 14.8 Å². The number of piperidine rings is 1. The zero-order valence-electron chi connectivity index (χ0n) is 12.2. The minimum atomic E-state index is -3.42. The van der Waals surface area contributed by atoms with Crippen LogP contribution in [0, 0.1) is 5.92 Å². The number of carbonyl (C=O) groups is 1. The van der Waals surface area contributed by atoms with Crippen molar-refractivity contribution in [3.8, 4) is 0 Å². The van der Waals surface area contributed by atoms with E-state index >= 15 is 0 Å². The van der Waals surface area contributed by atoms with Crippen LogP contribution in [0.3, 0.4) is 0 Å². The van der Waals surface area contributed by atoms with Crippen LogP contribution in [0.25, 0.3) is 0 Å². The van der Waals surface area contributed by atoms with Crippen molar-refractivity contribution in [2.24, 2.45) is 5.92 Å². The minimum Gasteiger partial charge on any atom is -0.469 e. The number of carbonyl (C=O) groups excluding carboxylic acids is 1. The van der Waals surface area contributed by atoms with Gasteiger partial charge in [-0.05, 0) is 32.4 Å².